The third kappa shape index (κ3) is 6.31. The monoisotopic (exact) mass is 333 g/mol. The Hall–Kier alpha value is -2.51. The number of hydrogen-bond donors (Lipinski definition) is 2. The van der Waals surface area contributed by atoms with Crippen LogP contribution >= 0.6 is 0 Å². The lowest BCUT2D eigenvalue weighted by atomic mass is 10.2. The number of pyridine rings is 1. The molecule has 2 rings (SSSR count). The number of nitrogens with zero attached hydrogens (tertiary/aromatic N) is 1. The quantitative estimate of drug-likeness (QED) is 0.686. The van der Waals surface area contributed by atoms with Crippen LogP contribution in [0.4, 0.5) is 4.39 Å². The molecule has 0 aliphatic carbocycles. The Labute approximate surface area is 140 Å². The average Bonchev–Trinajstić information content (AvgIpc) is 2.59. The summed E-state index contributed by atoms with van der Waals surface area (Å²) in [5, 5.41) is 5.77. The fraction of sp³-hybridized carbons (Fsp3) is 0.294. The summed E-state index contributed by atoms with van der Waals surface area (Å²) in [7, 11) is 1.61. The van der Waals surface area contributed by atoms with Crippen LogP contribution in [0.2, 0.25) is 0 Å². The highest BCUT2D eigenvalue weighted by Gasteiger charge is 2.04. The van der Waals surface area contributed by atoms with E-state index in [-0.39, 0.29) is 18.3 Å². The second kappa shape index (κ2) is 9.59. The van der Waals surface area contributed by atoms with Gasteiger partial charge in [0.15, 0.2) is 0 Å². The van der Waals surface area contributed by atoms with Gasteiger partial charge in [0.2, 0.25) is 11.8 Å². The highest BCUT2D eigenvalue weighted by molar-refractivity contribution is 5.77. The van der Waals surface area contributed by atoms with Crippen LogP contribution in [0.25, 0.3) is 0 Å². The zero-order valence-corrected chi connectivity index (χ0v) is 13.4. The lowest BCUT2D eigenvalue weighted by Crippen LogP contribution is -2.34. The van der Waals surface area contributed by atoms with Gasteiger partial charge in [0.25, 0.3) is 0 Å². The minimum atomic E-state index is -0.328. The second-order valence-corrected chi connectivity index (χ2v) is 5.00. The Morgan fingerprint density at radius 3 is 2.79 bits per heavy atom. The van der Waals surface area contributed by atoms with Crippen molar-refractivity contribution >= 4 is 5.91 Å². The molecule has 1 amide bonds. The van der Waals surface area contributed by atoms with Crippen LogP contribution in [-0.2, 0) is 16.1 Å². The number of methoxy groups -OCH3 is 1. The molecule has 2 N–H and O–H groups in total. The number of benzene rings is 1. The fourth-order valence-electron chi connectivity index (χ4n) is 1.88. The molecule has 0 radical (unpaired) electrons. The largest absolute Gasteiger partial charge is 0.439 e. The van der Waals surface area contributed by atoms with Gasteiger partial charge in [-0.2, -0.15) is 0 Å². The number of carbonyl (C=O) groups is 1. The van der Waals surface area contributed by atoms with Crippen LogP contribution in [0, 0.1) is 5.82 Å². The van der Waals surface area contributed by atoms with Crippen LogP contribution in [0.3, 0.4) is 0 Å². The maximum absolute atomic E-state index is 12.9. The Morgan fingerprint density at radius 1 is 1.25 bits per heavy atom. The highest BCUT2D eigenvalue weighted by Crippen LogP contribution is 2.20. The maximum Gasteiger partial charge on any atom is 0.234 e. The molecule has 0 saturated heterocycles. The van der Waals surface area contributed by atoms with E-state index in [4.69, 9.17) is 9.47 Å². The molecule has 0 bridgehead atoms. The van der Waals surface area contributed by atoms with E-state index in [1.54, 1.807) is 25.4 Å². The number of hydrogen-bond acceptors (Lipinski definition) is 5. The van der Waals surface area contributed by atoms with Crippen molar-refractivity contribution < 1.29 is 18.7 Å². The summed E-state index contributed by atoms with van der Waals surface area (Å²) in [4.78, 5) is 15.8. The summed E-state index contributed by atoms with van der Waals surface area (Å²) in [5.74, 6) is 0.439. The molecule has 7 heteroatoms. The Balaban J connectivity index is 1.81. The summed E-state index contributed by atoms with van der Waals surface area (Å²) in [6, 6.07) is 9.19. The number of amides is 1. The normalized spacial score (nSPS) is 10.4. The molecule has 0 fully saturated rings. The van der Waals surface area contributed by atoms with Crippen molar-refractivity contribution in [3.8, 4) is 11.6 Å². The van der Waals surface area contributed by atoms with Crippen molar-refractivity contribution in [2.75, 3.05) is 26.8 Å². The van der Waals surface area contributed by atoms with Gasteiger partial charge in [-0.05, 0) is 35.9 Å². The molecule has 0 spiro atoms. The predicted octanol–water partition coefficient (Wildman–Crippen LogP) is 1.87. The molecular formula is C17H20FN3O3. The molecule has 1 heterocycles. The van der Waals surface area contributed by atoms with Crippen molar-refractivity contribution in [1.29, 1.82) is 0 Å². The number of aromatic nitrogens is 1. The zero-order chi connectivity index (χ0) is 17.2. The first-order chi connectivity index (χ1) is 11.7. The van der Waals surface area contributed by atoms with Gasteiger partial charge in [0.05, 0.1) is 13.2 Å². The Bertz CT molecular complexity index is 650. The smallest absolute Gasteiger partial charge is 0.234 e. The van der Waals surface area contributed by atoms with Crippen molar-refractivity contribution in [2.45, 2.75) is 6.54 Å². The van der Waals surface area contributed by atoms with Gasteiger partial charge in [-0.1, -0.05) is 0 Å². The van der Waals surface area contributed by atoms with Crippen molar-refractivity contribution in [3.63, 3.8) is 0 Å². The third-order valence-corrected chi connectivity index (χ3v) is 3.09. The van der Waals surface area contributed by atoms with E-state index in [0.717, 1.165) is 5.56 Å². The topological polar surface area (TPSA) is 72.5 Å². The van der Waals surface area contributed by atoms with E-state index in [1.165, 1.54) is 24.3 Å². The van der Waals surface area contributed by atoms with E-state index >= 15 is 0 Å². The molecular weight excluding hydrogens is 313 g/mol. The number of rotatable bonds is 9. The van der Waals surface area contributed by atoms with Gasteiger partial charge in [-0.15, -0.1) is 0 Å². The standard InChI is InChI=1S/C17H20FN3O3/c1-23-9-8-19-12-16(22)21-11-13-6-7-20-17(10-13)24-15-4-2-14(18)3-5-15/h2-7,10,19H,8-9,11-12H2,1H3,(H,21,22). The number of halogens is 1. The van der Waals surface area contributed by atoms with E-state index in [2.05, 4.69) is 15.6 Å². The molecule has 0 aliphatic heterocycles. The van der Waals surface area contributed by atoms with Gasteiger partial charge < -0.3 is 20.1 Å². The van der Waals surface area contributed by atoms with Gasteiger partial charge in [-0.25, -0.2) is 9.37 Å². The van der Waals surface area contributed by atoms with E-state index in [1.807, 2.05) is 0 Å². The summed E-state index contributed by atoms with van der Waals surface area (Å²) < 4.78 is 23.3. The average molecular weight is 333 g/mol. The number of nitrogens with one attached hydrogen (secondary N) is 2. The van der Waals surface area contributed by atoms with Gasteiger partial charge in [0.1, 0.15) is 11.6 Å². The van der Waals surface area contributed by atoms with Crippen LogP contribution in [-0.4, -0.2) is 37.7 Å². The summed E-state index contributed by atoms with van der Waals surface area (Å²) in [6.07, 6.45) is 1.59. The minimum absolute atomic E-state index is 0.107. The first-order valence-corrected chi connectivity index (χ1v) is 7.52. The number of carbonyl (C=O) groups excluding carboxylic acids is 1. The van der Waals surface area contributed by atoms with Crippen LogP contribution in [0.5, 0.6) is 11.6 Å². The maximum atomic E-state index is 12.9. The number of ether oxygens (including phenoxy) is 2. The second-order valence-electron chi connectivity index (χ2n) is 5.00. The molecule has 0 saturated carbocycles. The molecule has 0 aliphatic rings. The van der Waals surface area contributed by atoms with Crippen LogP contribution in [0.1, 0.15) is 5.56 Å². The third-order valence-electron chi connectivity index (χ3n) is 3.09. The first kappa shape index (κ1) is 17.8. The molecule has 1 aromatic carbocycles. The van der Waals surface area contributed by atoms with E-state index < -0.39 is 0 Å². The van der Waals surface area contributed by atoms with Crippen LogP contribution in [0.15, 0.2) is 42.6 Å². The lowest BCUT2D eigenvalue weighted by Gasteiger charge is -2.08. The SMILES string of the molecule is COCCNCC(=O)NCc1ccnc(Oc2ccc(F)cc2)c1. The molecule has 1 aromatic heterocycles. The first-order valence-electron chi connectivity index (χ1n) is 7.52. The Kier molecular flexibility index (Phi) is 7.13. The predicted molar refractivity (Wildman–Crippen MR) is 87.3 cm³/mol. The molecule has 2 aromatic rings. The summed E-state index contributed by atoms with van der Waals surface area (Å²) in [6.45, 7) is 1.77. The minimum Gasteiger partial charge on any atom is -0.439 e. The van der Waals surface area contributed by atoms with Gasteiger partial charge in [0, 0.05) is 32.5 Å². The van der Waals surface area contributed by atoms with E-state index in [0.29, 0.717) is 31.3 Å². The highest BCUT2D eigenvalue weighted by atomic mass is 19.1. The van der Waals surface area contributed by atoms with Crippen molar-refractivity contribution in [3.05, 3.63) is 54.0 Å². The van der Waals surface area contributed by atoms with E-state index in [9.17, 15) is 9.18 Å². The van der Waals surface area contributed by atoms with Crippen molar-refractivity contribution in [2.24, 2.45) is 0 Å². The molecule has 128 valence electrons. The van der Waals surface area contributed by atoms with Gasteiger partial charge in [-0.3, -0.25) is 4.79 Å². The Morgan fingerprint density at radius 2 is 2.04 bits per heavy atom. The summed E-state index contributed by atoms with van der Waals surface area (Å²) >= 11 is 0. The molecule has 0 unspecified atom stereocenters. The molecule has 6 nitrogen and oxygen atoms in total. The molecule has 0 atom stereocenters. The van der Waals surface area contributed by atoms with Crippen molar-refractivity contribution in [1.82, 2.24) is 15.6 Å². The lowest BCUT2D eigenvalue weighted by molar-refractivity contribution is -0.120. The fourth-order valence-corrected chi connectivity index (χ4v) is 1.88. The molecule has 24 heavy (non-hydrogen) atoms. The zero-order valence-electron chi connectivity index (χ0n) is 13.4. The summed E-state index contributed by atoms with van der Waals surface area (Å²) in [5.41, 5.74) is 0.854. The van der Waals surface area contributed by atoms with Crippen LogP contribution < -0.4 is 15.4 Å². The van der Waals surface area contributed by atoms with Gasteiger partial charge >= 0.3 is 0 Å².